The smallest absolute Gasteiger partial charge is 0.254 e. The number of rotatable bonds is 3. The molecule has 2 aromatic heterocycles. The first-order valence-corrected chi connectivity index (χ1v) is 7.28. The van der Waals surface area contributed by atoms with Crippen molar-refractivity contribution in [1.82, 2.24) is 20.1 Å². The van der Waals surface area contributed by atoms with E-state index in [4.69, 9.17) is 0 Å². The van der Waals surface area contributed by atoms with E-state index in [1.54, 1.807) is 30.2 Å². The maximum atomic E-state index is 12.9. The van der Waals surface area contributed by atoms with E-state index in [1.807, 2.05) is 0 Å². The highest BCUT2D eigenvalue weighted by molar-refractivity contribution is 5.93. The molecule has 0 spiro atoms. The Morgan fingerprint density at radius 2 is 2.27 bits per heavy atom. The SMILES string of the molecule is Cn1cc(C(=O)NC2CCCN(c3ccc(F)cn3)C2)cn1. The summed E-state index contributed by atoms with van der Waals surface area (Å²) in [7, 11) is 1.78. The predicted molar refractivity (Wildman–Crippen MR) is 80.1 cm³/mol. The quantitative estimate of drug-likeness (QED) is 0.930. The first-order valence-electron chi connectivity index (χ1n) is 7.28. The van der Waals surface area contributed by atoms with Crippen molar-refractivity contribution in [1.29, 1.82) is 0 Å². The largest absolute Gasteiger partial charge is 0.355 e. The fourth-order valence-electron chi connectivity index (χ4n) is 2.67. The third-order valence-electron chi connectivity index (χ3n) is 3.76. The summed E-state index contributed by atoms with van der Waals surface area (Å²) in [6, 6.07) is 3.12. The molecule has 1 N–H and O–H groups in total. The molecule has 7 heteroatoms. The van der Waals surface area contributed by atoms with E-state index < -0.39 is 0 Å². The topological polar surface area (TPSA) is 63.1 Å². The number of anilines is 1. The molecule has 1 unspecified atom stereocenters. The number of amides is 1. The van der Waals surface area contributed by atoms with Crippen LogP contribution in [0.4, 0.5) is 10.2 Å². The zero-order chi connectivity index (χ0) is 15.5. The van der Waals surface area contributed by atoms with Crippen molar-refractivity contribution in [2.24, 2.45) is 7.05 Å². The Hall–Kier alpha value is -2.44. The molecular formula is C15H18FN5O. The molecule has 1 fully saturated rings. The van der Waals surface area contributed by atoms with E-state index >= 15 is 0 Å². The summed E-state index contributed by atoms with van der Waals surface area (Å²) in [6.45, 7) is 1.53. The summed E-state index contributed by atoms with van der Waals surface area (Å²) >= 11 is 0. The van der Waals surface area contributed by atoms with Gasteiger partial charge >= 0.3 is 0 Å². The molecule has 1 atom stereocenters. The van der Waals surface area contributed by atoms with Gasteiger partial charge in [0, 0.05) is 32.4 Å². The van der Waals surface area contributed by atoms with Crippen LogP contribution >= 0.6 is 0 Å². The Kier molecular flexibility index (Phi) is 4.04. The lowest BCUT2D eigenvalue weighted by Crippen LogP contribution is -2.48. The van der Waals surface area contributed by atoms with E-state index in [1.165, 1.54) is 12.3 Å². The van der Waals surface area contributed by atoms with Gasteiger partial charge in [0.25, 0.3) is 5.91 Å². The molecular weight excluding hydrogens is 285 g/mol. The second kappa shape index (κ2) is 6.13. The van der Waals surface area contributed by atoms with Crippen molar-refractivity contribution < 1.29 is 9.18 Å². The zero-order valence-electron chi connectivity index (χ0n) is 12.4. The minimum atomic E-state index is -0.345. The summed E-state index contributed by atoms with van der Waals surface area (Å²) in [6.07, 6.45) is 6.34. The van der Waals surface area contributed by atoms with E-state index in [9.17, 15) is 9.18 Å². The van der Waals surface area contributed by atoms with Gasteiger partial charge in [-0.2, -0.15) is 5.10 Å². The van der Waals surface area contributed by atoms with Gasteiger partial charge < -0.3 is 10.2 Å². The summed E-state index contributed by atoms with van der Waals surface area (Å²) < 4.78 is 14.5. The number of pyridine rings is 1. The number of hydrogen-bond donors (Lipinski definition) is 1. The van der Waals surface area contributed by atoms with Crippen molar-refractivity contribution in [3.8, 4) is 0 Å². The van der Waals surface area contributed by atoms with Gasteiger partial charge in [0.05, 0.1) is 18.0 Å². The van der Waals surface area contributed by atoms with Gasteiger partial charge in [-0.15, -0.1) is 0 Å². The molecule has 6 nitrogen and oxygen atoms in total. The Bertz CT molecular complexity index is 654. The molecule has 1 aliphatic rings. The fraction of sp³-hybridized carbons (Fsp3) is 0.400. The number of halogens is 1. The summed E-state index contributed by atoms with van der Waals surface area (Å²) in [5.41, 5.74) is 0.555. The number of hydrogen-bond acceptors (Lipinski definition) is 4. The van der Waals surface area contributed by atoms with Crippen LogP contribution in [0.25, 0.3) is 0 Å². The molecule has 3 heterocycles. The summed E-state index contributed by atoms with van der Waals surface area (Å²) in [5.74, 6) is 0.274. The van der Waals surface area contributed by atoms with Crippen LogP contribution in [0.2, 0.25) is 0 Å². The van der Waals surface area contributed by atoms with Crippen LogP contribution in [0.15, 0.2) is 30.7 Å². The zero-order valence-corrected chi connectivity index (χ0v) is 12.4. The second-order valence-corrected chi connectivity index (χ2v) is 5.50. The molecule has 0 radical (unpaired) electrons. The monoisotopic (exact) mass is 303 g/mol. The highest BCUT2D eigenvalue weighted by Gasteiger charge is 2.23. The number of nitrogens with zero attached hydrogens (tertiary/aromatic N) is 4. The van der Waals surface area contributed by atoms with Crippen LogP contribution in [0.5, 0.6) is 0 Å². The van der Waals surface area contributed by atoms with Crippen molar-refractivity contribution in [3.63, 3.8) is 0 Å². The molecule has 0 aromatic carbocycles. The number of aromatic nitrogens is 3. The van der Waals surface area contributed by atoms with Gasteiger partial charge in [-0.25, -0.2) is 9.37 Å². The molecule has 0 aliphatic carbocycles. The Morgan fingerprint density at radius 3 is 2.95 bits per heavy atom. The lowest BCUT2D eigenvalue weighted by molar-refractivity contribution is 0.0933. The van der Waals surface area contributed by atoms with Crippen molar-refractivity contribution in [2.45, 2.75) is 18.9 Å². The lowest BCUT2D eigenvalue weighted by atomic mass is 10.1. The van der Waals surface area contributed by atoms with Crippen LogP contribution in [0.3, 0.4) is 0 Å². The number of piperidine rings is 1. The molecule has 0 bridgehead atoms. The lowest BCUT2D eigenvalue weighted by Gasteiger charge is -2.33. The van der Waals surface area contributed by atoms with Gasteiger partial charge in [-0.1, -0.05) is 0 Å². The highest BCUT2D eigenvalue weighted by atomic mass is 19.1. The molecule has 1 saturated heterocycles. The first-order chi connectivity index (χ1) is 10.6. The predicted octanol–water partition coefficient (Wildman–Crippen LogP) is 1.35. The van der Waals surface area contributed by atoms with E-state index in [0.29, 0.717) is 12.1 Å². The maximum absolute atomic E-state index is 12.9. The molecule has 0 saturated carbocycles. The highest BCUT2D eigenvalue weighted by Crippen LogP contribution is 2.18. The minimum absolute atomic E-state index is 0.0494. The average Bonchev–Trinajstić information content (AvgIpc) is 2.95. The van der Waals surface area contributed by atoms with Crippen LogP contribution in [-0.2, 0) is 7.05 Å². The van der Waals surface area contributed by atoms with Gasteiger partial charge in [-0.3, -0.25) is 9.48 Å². The number of carbonyl (C=O) groups is 1. The second-order valence-electron chi connectivity index (χ2n) is 5.50. The Balaban J connectivity index is 1.63. The van der Waals surface area contributed by atoms with Crippen LogP contribution in [0.1, 0.15) is 23.2 Å². The van der Waals surface area contributed by atoms with Gasteiger partial charge in [0.15, 0.2) is 0 Å². The average molecular weight is 303 g/mol. The molecule has 2 aromatic rings. The third kappa shape index (κ3) is 3.24. The van der Waals surface area contributed by atoms with Crippen molar-refractivity contribution in [2.75, 3.05) is 18.0 Å². The summed E-state index contributed by atoms with van der Waals surface area (Å²) in [4.78, 5) is 18.3. The Morgan fingerprint density at radius 1 is 1.41 bits per heavy atom. The van der Waals surface area contributed by atoms with Crippen molar-refractivity contribution >= 4 is 11.7 Å². The van der Waals surface area contributed by atoms with E-state index in [-0.39, 0.29) is 17.8 Å². The maximum Gasteiger partial charge on any atom is 0.254 e. The normalized spacial score (nSPS) is 18.3. The molecule has 3 rings (SSSR count). The number of nitrogens with one attached hydrogen (secondary N) is 1. The Labute approximate surface area is 128 Å². The molecule has 22 heavy (non-hydrogen) atoms. The van der Waals surface area contributed by atoms with Gasteiger partial charge in [0.2, 0.25) is 0 Å². The van der Waals surface area contributed by atoms with Crippen LogP contribution in [0, 0.1) is 5.82 Å². The number of carbonyl (C=O) groups excluding carboxylic acids is 1. The number of aryl methyl sites for hydroxylation is 1. The molecule has 116 valence electrons. The minimum Gasteiger partial charge on any atom is -0.355 e. The third-order valence-corrected chi connectivity index (χ3v) is 3.76. The van der Waals surface area contributed by atoms with Gasteiger partial charge in [0.1, 0.15) is 11.6 Å². The fourth-order valence-corrected chi connectivity index (χ4v) is 2.67. The van der Waals surface area contributed by atoms with Gasteiger partial charge in [-0.05, 0) is 25.0 Å². The van der Waals surface area contributed by atoms with Crippen LogP contribution < -0.4 is 10.2 Å². The standard InChI is InChI=1S/C15H18FN5O/c1-20-9-11(7-18-20)15(22)19-13-3-2-6-21(10-13)14-5-4-12(16)8-17-14/h4-5,7-9,13H,2-3,6,10H2,1H3,(H,19,22). The van der Waals surface area contributed by atoms with E-state index in [2.05, 4.69) is 20.3 Å². The summed E-state index contributed by atoms with van der Waals surface area (Å²) in [5, 5.41) is 7.03. The first kappa shape index (κ1) is 14.5. The van der Waals surface area contributed by atoms with Crippen LogP contribution in [-0.4, -0.2) is 39.8 Å². The molecule has 1 aliphatic heterocycles. The van der Waals surface area contributed by atoms with E-state index in [0.717, 1.165) is 25.2 Å². The van der Waals surface area contributed by atoms with Crippen molar-refractivity contribution in [3.05, 3.63) is 42.1 Å². The molecule has 1 amide bonds.